The van der Waals surface area contributed by atoms with E-state index in [2.05, 4.69) is 36.2 Å². The highest BCUT2D eigenvalue weighted by atomic mass is 16.5. The topological polar surface area (TPSA) is 68.0 Å². The maximum absolute atomic E-state index is 12.2. The van der Waals surface area contributed by atoms with Gasteiger partial charge in [0.25, 0.3) is 0 Å². The second-order valence-electron chi connectivity index (χ2n) is 7.04. The highest BCUT2D eigenvalue weighted by molar-refractivity contribution is 5.91. The zero-order valence-electron chi connectivity index (χ0n) is 14.5. The second-order valence-corrected chi connectivity index (χ2v) is 7.04. The van der Waals surface area contributed by atoms with Crippen molar-refractivity contribution in [3.63, 3.8) is 0 Å². The fraction of sp³-hybridized carbons (Fsp3) is 0.500. The van der Waals surface area contributed by atoms with Crippen LogP contribution in [-0.4, -0.2) is 16.0 Å². The number of amides is 1. The minimum atomic E-state index is -0.0500. The Bertz CT molecular complexity index is 669. The van der Waals surface area contributed by atoms with Gasteiger partial charge in [0.1, 0.15) is 0 Å². The molecular weight excluding hydrogens is 290 g/mol. The first-order chi connectivity index (χ1) is 10.8. The van der Waals surface area contributed by atoms with Crippen LogP contribution in [0.15, 0.2) is 28.8 Å². The largest absolute Gasteiger partial charge is 0.339 e. The lowest BCUT2D eigenvalue weighted by molar-refractivity contribution is -0.116. The van der Waals surface area contributed by atoms with E-state index in [1.165, 1.54) is 0 Å². The van der Waals surface area contributed by atoms with Crippen LogP contribution < -0.4 is 5.32 Å². The van der Waals surface area contributed by atoms with E-state index in [9.17, 15) is 4.79 Å². The molecule has 5 heteroatoms. The lowest BCUT2D eigenvalue weighted by atomic mass is 9.86. The lowest BCUT2D eigenvalue weighted by Gasteiger charge is -2.22. The lowest BCUT2D eigenvalue weighted by Crippen LogP contribution is -2.18. The van der Waals surface area contributed by atoms with Gasteiger partial charge in [-0.25, -0.2) is 0 Å². The molecule has 23 heavy (non-hydrogen) atoms. The first-order valence-corrected chi connectivity index (χ1v) is 7.99. The standard InChI is InChI=1S/C18H25N3O2/c1-12(2)17-20-16(23-21-17)11-10-15(22)19-14-9-7-6-8-13(14)18(3,4)5/h6-9,12H,10-11H2,1-5H3,(H,19,22). The number of aryl methyl sites for hydroxylation is 1. The van der Waals surface area contributed by atoms with Crippen LogP contribution in [0.3, 0.4) is 0 Å². The molecule has 1 N–H and O–H groups in total. The summed E-state index contributed by atoms with van der Waals surface area (Å²) >= 11 is 0. The van der Waals surface area contributed by atoms with Gasteiger partial charge in [0.2, 0.25) is 11.8 Å². The quantitative estimate of drug-likeness (QED) is 0.903. The summed E-state index contributed by atoms with van der Waals surface area (Å²) < 4.78 is 5.16. The molecule has 1 aromatic carbocycles. The molecule has 0 aliphatic rings. The minimum Gasteiger partial charge on any atom is -0.339 e. The number of hydrogen-bond donors (Lipinski definition) is 1. The fourth-order valence-corrected chi connectivity index (χ4v) is 2.28. The van der Waals surface area contributed by atoms with Gasteiger partial charge in [0.15, 0.2) is 5.82 Å². The predicted molar refractivity (Wildman–Crippen MR) is 90.5 cm³/mol. The normalized spacial score (nSPS) is 11.7. The Morgan fingerprint density at radius 3 is 2.57 bits per heavy atom. The second kappa shape index (κ2) is 6.94. The van der Waals surface area contributed by atoms with Crippen molar-refractivity contribution in [1.82, 2.24) is 10.1 Å². The average molecular weight is 315 g/mol. The van der Waals surface area contributed by atoms with E-state index in [1.54, 1.807) is 0 Å². The molecule has 1 amide bonds. The molecule has 0 fully saturated rings. The molecule has 0 saturated heterocycles. The van der Waals surface area contributed by atoms with Gasteiger partial charge in [-0.15, -0.1) is 0 Å². The number of anilines is 1. The molecule has 1 aromatic heterocycles. The van der Waals surface area contributed by atoms with Crippen molar-refractivity contribution in [2.45, 2.75) is 58.8 Å². The van der Waals surface area contributed by atoms with Crippen LogP contribution in [0.2, 0.25) is 0 Å². The van der Waals surface area contributed by atoms with Crippen LogP contribution in [0.5, 0.6) is 0 Å². The third-order valence-corrected chi connectivity index (χ3v) is 3.58. The van der Waals surface area contributed by atoms with Gasteiger partial charge in [0.05, 0.1) is 0 Å². The maximum atomic E-state index is 12.2. The number of carbonyl (C=O) groups excluding carboxylic acids is 1. The van der Waals surface area contributed by atoms with Gasteiger partial charge < -0.3 is 9.84 Å². The molecule has 0 unspecified atom stereocenters. The number of nitrogens with one attached hydrogen (secondary N) is 1. The molecule has 5 nitrogen and oxygen atoms in total. The van der Waals surface area contributed by atoms with Crippen LogP contribution in [0, 0.1) is 0 Å². The smallest absolute Gasteiger partial charge is 0.227 e. The Morgan fingerprint density at radius 1 is 1.26 bits per heavy atom. The molecule has 0 aliphatic carbocycles. The molecule has 1 heterocycles. The Labute approximate surface area is 137 Å². The average Bonchev–Trinajstić information content (AvgIpc) is 2.94. The van der Waals surface area contributed by atoms with Gasteiger partial charge in [-0.1, -0.05) is 58.0 Å². The van der Waals surface area contributed by atoms with Crippen LogP contribution in [0.4, 0.5) is 5.69 Å². The van der Waals surface area contributed by atoms with Crippen molar-refractivity contribution in [3.8, 4) is 0 Å². The molecule has 0 saturated carbocycles. The summed E-state index contributed by atoms with van der Waals surface area (Å²) in [5, 5.41) is 6.89. The van der Waals surface area contributed by atoms with Gasteiger partial charge >= 0.3 is 0 Å². The van der Waals surface area contributed by atoms with Crippen molar-refractivity contribution in [1.29, 1.82) is 0 Å². The number of aromatic nitrogens is 2. The zero-order chi connectivity index (χ0) is 17.0. The summed E-state index contributed by atoms with van der Waals surface area (Å²) in [6.07, 6.45) is 0.765. The van der Waals surface area contributed by atoms with Crippen molar-refractivity contribution < 1.29 is 9.32 Å². The van der Waals surface area contributed by atoms with Gasteiger partial charge in [-0.3, -0.25) is 4.79 Å². The summed E-state index contributed by atoms with van der Waals surface area (Å²) in [6.45, 7) is 10.4. The van der Waals surface area contributed by atoms with E-state index in [4.69, 9.17) is 4.52 Å². The number of carbonyl (C=O) groups is 1. The van der Waals surface area contributed by atoms with Gasteiger partial charge in [-0.05, 0) is 17.0 Å². The number of benzene rings is 1. The predicted octanol–water partition coefficient (Wildman–Crippen LogP) is 4.06. The summed E-state index contributed by atoms with van der Waals surface area (Å²) in [7, 11) is 0. The Morgan fingerprint density at radius 2 is 1.96 bits per heavy atom. The molecule has 0 radical (unpaired) electrons. The van der Waals surface area contributed by atoms with Crippen molar-refractivity contribution in [3.05, 3.63) is 41.5 Å². The monoisotopic (exact) mass is 315 g/mol. The van der Waals surface area contributed by atoms with Crippen molar-refractivity contribution in [2.24, 2.45) is 0 Å². The van der Waals surface area contributed by atoms with Crippen molar-refractivity contribution >= 4 is 11.6 Å². The van der Waals surface area contributed by atoms with Crippen LogP contribution in [0.25, 0.3) is 0 Å². The Kier molecular flexibility index (Phi) is 5.19. The van der Waals surface area contributed by atoms with E-state index in [-0.39, 0.29) is 17.2 Å². The first kappa shape index (κ1) is 17.2. The Hall–Kier alpha value is -2.17. The van der Waals surface area contributed by atoms with Gasteiger partial charge in [0, 0.05) is 24.4 Å². The summed E-state index contributed by atoms with van der Waals surface area (Å²) in [4.78, 5) is 16.5. The molecule has 0 atom stereocenters. The van der Waals surface area contributed by atoms with E-state index in [0.717, 1.165) is 11.3 Å². The Balaban J connectivity index is 1.97. The summed E-state index contributed by atoms with van der Waals surface area (Å²) in [5.74, 6) is 1.36. The third kappa shape index (κ3) is 4.65. The molecular formula is C18H25N3O2. The maximum Gasteiger partial charge on any atom is 0.227 e. The van der Waals surface area contributed by atoms with Crippen LogP contribution >= 0.6 is 0 Å². The van der Waals surface area contributed by atoms with Crippen molar-refractivity contribution in [2.75, 3.05) is 5.32 Å². The SMILES string of the molecule is CC(C)c1noc(CCC(=O)Nc2ccccc2C(C)(C)C)n1. The number of para-hydroxylation sites is 1. The molecule has 0 spiro atoms. The van der Waals surface area contributed by atoms with E-state index in [1.807, 2.05) is 38.1 Å². The molecule has 0 bridgehead atoms. The molecule has 0 aliphatic heterocycles. The summed E-state index contributed by atoms with van der Waals surface area (Å²) in [6, 6.07) is 7.89. The number of rotatable bonds is 5. The van der Waals surface area contributed by atoms with Crippen LogP contribution in [-0.2, 0) is 16.6 Å². The minimum absolute atomic E-state index is 0.0253. The number of hydrogen-bond acceptors (Lipinski definition) is 4. The van der Waals surface area contributed by atoms with Crippen LogP contribution in [0.1, 0.15) is 64.2 Å². The highest BCUT2D eigenvalue weighted by Crippen LogP contribution is 2.29. The van der Waals surface area contributed by atoms with E-state index >= 15 is 0 Å². The van der Waals surface area contributed by atoms with Gasteiger partial charge in [-0.2, -0.15) is 4.98 Å². The third-order valence-electron chi connectivity index (χ3n) is 3.58. The highest BCUT2D eigenvalue weighted by Gasteiger charge is 2.19. The fourth-order valence-electron chi connectivity index (χ4n) is 2.28. The van der Waals surface area contributed by atoms with E-state index < -0.39 is 0 Å². The molecule has 124 valence electrons. The number of nitrogens with zero attached hydrogens (tertiary/aromatic N) is 2. The first-order valence-electron chi connectivity index (χ1n) is 7.99. The molecule has 2 rings (SSSR count). The summed E-state index contributed by atoms with van der Waals surface area (Å²) in [5.41, 5.74) is 1.95. The zero-order valence-corrected chi connectivity index (χ0v) is 14.5. The van der Waals surface area contributed by atoms with E-state index in [0.29, 0.717) is 24.6 Å². The molecule has 2 aromatic rings.